The SMILES string of the molecule is CC(CC1CC1)NCC(O)c1cccc(F)c1. The van der Waals surface area contributed by atoms with Crippen LogP contribution in [0.3, 0.4) is 0 Å². The van der Waals surface area contributed by atoms with E-state index in [4.69, 9.17) is 0 Å². The van der Waals surface area contributed by atoms with Gasteiger partial charge < -0.3 is 10.4 Å². The first-order valence-electron chi connectivity index (χ1n) is 6.32. The molecule has 0 heterocycles. The minimum absolute atomic E-state index is 0.299. The Bertz CT molecular complexity index is 365. The number of aliphatic hydroxyl groups is 1. The fourth-order valence-corrected chi connectivity index (χ4v) is 2.08. The molecule has 2 nitrogen and oxygen atoms in total. The number of hydrogen-bond acceptors (Lipinski definition) is 2. The lowest BCUT2D eigenvalue weighted by atomic mass is 10.1. The van der Waals surface area contributed by atoms with E-state index in [1.54, 1.807) is 12.1 Å². The molecule has 1 aromatic rings. The third kappa shape index (κ3) is 4.10. The molecule has 0 amide bonds. The van der Waals surface area contributed by atoms with Crippen LogP contribution in [0.4, 0.5) is 4.39 Å². The quantitative estimate of drug-likeness (QED) is 0.797. The summed E-state index contributed by atoms with van der Waals surface area (Å²) in [5, 5.41) is 13.2. The van der Waals surface area contributed by atoms with Gasteiger partial charge in [-0.25, -0.2) is 4.39 Å². The van der Waals surface area contributed by atoms with E-state index in [9.17, 15) is 9.50 Å². The Labute approximate surface area is 102 Å². The summed E-state index contributed by atoms with van der Waals surface area (Å²) in [5.74, 6) is 0.580. The average molecular weight is 237 g/mol. The van der Waals surface area contributed by atoms with Crippen LogP contribution in [0.25, 0.3) is 0 Å². The van der Waals surface area contributed by atoms with Crippen LogP contribution in [0.1, 0.15) is 37.9 Å². The molecular formula is C14H20FNO. The predicted octanol–water partition coefficient (Wildman–Crippen LogP) is 2.64. The molecule has 1 aromatic carbocycles. The Morgan fingerprint density at radius 1 is 1.47 bits per heavy atom. The van der Waals surface area contributed by atoms with Crippen molar-refractivity contribution < 1.29 is 9.50 Å². The lowest BCUT2D eigenvalue weighted by Gasteiger charge is -2.17. The third-order valence-corrected chi connectivity index (χ3v) is 3.28. The number of nitrogens with one attached hydrogen (secondary N) is 1. The monoisotopic (exact) mass is 237 g/mol. The van der Waals surface area contributed by atoms with E-state index < -0.39 is 6.10 Å². The zero-order valence-corrected chi connectivity index (χ0v) is 10.2. The fraction of sp³-hybridized carbons (Fsp3) is 0.571. The summed E-state index contributed by atoms with van der Waals surface area (Å²) in [6.07, 6.45) is 3.24. The van der Waals surface area contributed by atoms with Gasteiger partial charge in [0, 0.05) is 12.6 Å². The number of benzene rings is 1. The molecule has 2 atom stereocenters. The predicted molar refractivity (Wildman–Crippen MR) is 66.2 cm³/mol. The van der Waals surface area contributed by atoms with Crippen LogP contribution in [0.2, 0.25) is 0 Å². The molecule has 1 aliphatic carbocycles. The fourth-order valence-electron chi connectivity index (χ4n) is 2.08. The highest BCUT2D eigenvalue weighted by molar-refractivity contribution is 5.18. The standard InChI is InChI=1S/C14H20FNO/c1-10(7-11-5-6-11)16-9-14(17)12-3-2-4-13(15)8-12/h2-4,8,10-11,14,16-17H,5-7,9H2,1H3. The third-order valence-electron chi connectivity index (χ3n) is 3.28. The minimum atomic E-state index is -0.632. The van der Waals surface area contributed by atoms with Gasteiger partial charge in [-0.2, -0.15) is 0 Å². The van der Waals surface area contributed by atoms with E-state index in [1.165, 1.54) is 31.4 Å². The normalized spacial score (nSPS) is 19.0. The van der Waals surface area contributed by atoms with Crippen molar-refractivity contribution in [2.75, 3.05) is 6.54 Å². The number of rotatable bonds is 6. The van der Waals surface area contributed by atoms with Crippen LogP contribution in [-0.4, -0.2) is 17.7 Å². The average Bonchev–Trinajstić information content (AvgIpc) is 3.10. The number of hydrogen-bond donors (Lipinski definition) is 2. The smallest absolute Gasteiger partial charge is 0.123 e. The zero-order chi connectivity index (χ0) is 12.3. The molecule has 2 N–H and O–H groups in total. The molecule has 1 fully saturated rings. The lowest BCUT2D eigenvalue weighted by molar-refractivity contribution is 0.169. The topological polar surface area (TPSA) is 32.3 Å². The molecule has 0 bridgehead atoms. The summed E-state index contributed by atoms with van der Waals surface area (Å²) in [4.78, 5) is 0. The maximum absolute atomic E-state index is 13.0. The summed E-state index contributed by atoms with van der Waals surface area (Å²) >= 11 is 0. The van der Waals surface area contributed by atoms with Gasteiger partial charge in [-0.3, -0.25) is 0 Å². The molecule has 1 saturated carbocycles. The number of aliphatic hydroxyl groups excluding tert-OH is 1. The van der Waals surface area contributed by atoms with Crippen LogP contribution >= 0.6 is 0 Å². The minimum Gasteiger partial charge on any atom is -0.387 e. The first-order chi connectivity index (χ1) is 8.15. The Balaban J connectivity index is 1.77. The molecule has 94 valence electrons. The van der Waals surface area contributed by atoms with Crippen molar-refractivity contribution >= 4 is 0 Å². The second-order valence-corrected chi connectivity index (χ2v) is 5.06. The molecule has 0 aromatic heterocycles. The van der Waals surface area contributed by atoms with Crippen molar-refractivity contribution in [1.29, 1.82) is 0 Å². The summed E-state index contributed by atoms with van der Waals surface area (Å²) in [7, 11) is 0. The lowest BCUT2D eigenvalue weighted by Crippen LogP contribution is -2.30. The summed E-state index contributed by atoms with van der Waals surface area (Å²) < 4.78 is 13.0. The van der Waals surface area contributed by atoms with Crippen molar-refractivity contribution in [3.05, 3.63) is 35.6 Å². The van der Waals surface area contributed by atoms with Gasteiger partial charge in [0.15, 0.2) is 0 Å². The van der Waals surface area contributed by atoms with Gasteiger partial charge in [0.05, 0.1) is 6.10 Å². The maximum Gasteiger partial charge on any atom is 0.123 e. The van der Waals surface area contributed by atoms with E-state index in [0.717, 1.165) is 5.92 Å². The first kappa shape index (κ1) is 12.5. The van der Waals surface area contributed by atoms with Crippen LogP contribution in [0.5, 0.6) is 0 Å². The van der Waals surface area contributed by atoms with Crippen molar-refractivity contribution in [3.8, 4) is 0 Å². The molecule has 1 aliphatic rings. The molecule has 0 radical (unpaired) electrons. The van der Waals surface area contributed by atoms with Gasteiger partial charge in [-0.05, 0) is 37.0 Å². The van der Waals surface area contributed by atoms with Gasteiger partial charge in [-0.15, -0.1) is 0 Å². The maximum atomic E-state index is 13.0. The molecule has 3 heteroatoms. The number of halogens is 1. The second kappa shape index (κ2) is 5.61. The van der Waals surface area contributed by atoms with Crippen LogP contribution in [0.15, 0.2) is 24.3 Å². The molecule has 0 saturated heterocycles. The molecular weight excluding hydrogens is 217 g/mol. The first-order valence-corrected chi connectivity index (χ1v) is 6.32. The van der Waals surface area contributed by atoms with E-state index in [2.05, 4.69) is 12.2 Å². The molecule has 17 heavy (non-hydrogen) atoms. The summed E-state index contributed by atoms with van der Waals surface area (Å²) in [6, 6.07) is 6.57. The Kier molecular flexibility index (Phi) is 4.13. The highest BCUT2D eigenvalue weighted by Gasteiger charge is 2.23. The Morgan fingerprint density at radius 3 is 2.88 bits per heavy atom. The summed E-state index contributed by atoms with van der Waals surface area (Å²) in [5.41, 5.74) is 0.635. The van der Waals surface area contributed by atoms with Crippen LogP contribution in [0, 0.1) is 11.7 Å². The zero-order valence-electron chi connectivity index (χ0n) is 10.2. The highest BCUT2D eigenvalue weighted by atomic mass is 19.1. The van der Waals surface area contributed by atoms with Crippen LogP contribution < -0.4 is 5.32 Å². The molecule has 2 unspecified atom stereocenters. The van der Waals surface area contributed by atoms with E-state index in [0.29, 0.717) is 18.2 Å². The summed E-state index contributed by atoms with van der Waals surface area (Å²) in [6.45, 7) is 2.62. The van der Waals surface area contributed by atoms with E-state index >= 15 is 0 Å². The van der Waals surface area contributed by atoms with E-state index in [-0.39, 0.29) is 5.82 Å². The van der Waals surface area contributed by atoms with Gasteiger partial charge >= 0.3 is 0 Å². The van der Waals surface area contributed by atoms with E-state index in [1.807, 2.05) is 0 Å². The molecule has 0 aliphatic heterocycles. The highest BCUT2D eigenvalue weighted by Crippen LogP contribution is 2.33. The largest absolute Gasteiger partial charge is 0.387 e. The van der Waals surface area contributed by atoms with Gasteiger partial charge in [0.25, 0.3) is 0 Å². The Morgan fingerprint density at radius 2 is 2.24 bits per heavy atom. The van der Waals surface area contributed by atoms with Gasteiger partial charge in [0.1, 0.15) is 5.82 Å². The van der Waals surface area contributed by atoms with Crippen molar-refractivity contribution in [1.82, 2.24) is 5.32 Å². The second-order valence-electron chi connectivity index (χ2n) is 5.06. The molecule has 2 rings (SSSR count). The van der Waals surface area contributed by atoms with Crippen molar-refractivity contribution in [2.45, 2.75) is 38.3 Å². The Hall–Kier alpha value is -0.930. The molecule has 0 spiro atoms. The van der Waals surface area contributed by atoms with Crippen molar-refractivity contribution in [2.24, 2.45) is 5.92 Å². The van der Waals surface area contributed by atoms with Gasteiger partial charge in [-0.1, -0.05) is 25.0 Å². The van der Waals surface area contributed by atoms with Crippen molar-refractivity contribution in [3.63, 3.8) is 0 Å². The van der Waals surface area contributed by atoms with Gasteiger partial charge in [0.2, 0.25) is 0 Å². The van der Waals surface area contributed by atoms with Crippen LogP contribution in [-0.2, 0) is 0 Å².